The van der Waals surface area contributed by atoms with Gasteiger partial charge >= 0.3 is 0 Å². The Balaban J connectivity index is 2.34. The fraction of sp³-hybridized carbons (Fsp3) is 0.467. The third-order valence-corrected chi connectivity index (χ3v) is 2.88. The number of amides is 1. The first-order chi connectivity index (χ1) is 8.92. The van der Waals surface area contributed by atoms with Crippen molar-refractivity contribution in [3.05, 3.63) is 30.3 Å². The fourth-order valence-electron chi connectivity index (χ4n) is 2.03. The van der Waals surface area contributed by atoms with Gasteiger partial charge in [0, 0.05) is 5.54 Å². The van der Waals surface area contributed by atoms with Gasteiger partial charge in [0.05, 0.1) is 5.69 Å². The van der Waals surface area contributed by atoms with E-state index >= 15 is 0 Å². The van der Waals surface area contributed by atoms with Crippen molar-refractivity contribution in [1.82, 2.24) is 5.32 Å². The van der Waals surface area contributed by atoms with E-state index in [2.05, 4.69) is 31.1 Å². The van der Waals surface area contributed by atoms with Crippen LogP contribution in [0.2, 0.25) is 0 Å². The van der Waals surface area contributed by atoms with Gasteiger partial charge < -0.3 is 5.32 Å². The molecule has 0 spiro atoms. The zero-order valence-electron chi connectivity index (χ0n) is 12.0. The summed E-state index contributed by atoms with van der Waals surface area (Å²) in [6.45, 7) is 8.16. The minimum absolute atomic E-state index is 0.0421. The molecule has 1 amide bonds. The molecule has 1 aliphatic rings. The molecule has 1 heterocycles. The SMILES string of the molecule is CCC1N=C(NC(C)(C)C)N(c2ccccc2)C1=O. The molecule has 19 heavy (non-hydrogen) atoms. The van der Waals surface area contributed by atoms with E-state index in [1.165, 1.54) is 0 Å². The Morgan fingerprint density at radius 1 is 1.26 bits per heavy atom. The van der Waals surface area contributed by atoms with E-state index in [-0.39, 0.29) is 17.5 Å². The smallest absolute Gasteiger partial charge is 0.258 e. The van der Waals surface area contributed by atoms with Crippen molar-refractivity contribution in [3.63, 3.8) is 0 Å². The molecule has 2 rings (SSSR count). The number of benzene rings is 1. The molecule has 4 nitrogen and oxygen atoms in total. The summed E-state index contributed by atoms with van der Waals surface area (Å²) in [6, 6.07) is 9.37. The standard InChI is InChI=1S/C15H21N3O/c1-5-12-13(19)18(11-9-7-6-8-10-11)14(16-12)17-15(2,3)4/h6-10,12H,5H2,1-4H3,(H,16,17). The summed E-state index contributed by atoms with van der Waals surface area (Å²) < 4.78 is 0. The molecule has 0 radical (unpaired) electrons. The highest BCUT2D eigenvalue weighted by Gasteiger charge is 2.35. The Morgan fingerprint density at radius 3 is 2.42 bits per heavy atom. The maximum absolute atomic E-state index is 12.4. The lowest BCUT2D eigenvalue weighted by Gasteiger charge is -2.27. The van der Waals surface area contributed by atoms with Crippen LogP contribution in [0.25, 0.3) is 0 Å². The lowest BCUT2D eigenvalue weighted by atomic mass is 10.1. The predicted octanol–water partition coefficient (Wildman–Crippen LogP) is 2.56. The number of carbonyl (C=O) groups excluding carboxylic acids is 1. The van der Waals surface area contributed by atoms with Crippen molar-refractivity contribution in [2.75, 3.05) is 4.90 Å². The maximum atomic E-state index is 12.4. The summed E-state index contributed by atoms with van der Waals surface area (Å²) in [5.41, 5.74) is 0.730. The molecule has 0 bridgehead atoms. The van der Waals surface area contributed by atoms with Crippen LogP contribution in [0.1, 0.15) is 34.1 Å². The molecule has 0 fully saturated rings. The van der Waals surface area contributed by atoms with E-state index in [0.717, 1.165) is 12.1 Å². The normalized spacial score (nSPS) is 19.6. The van der Waals surface area contributed by atoms with Crippen LogP contribution >= 0.6 is 0 Å². The molecule has 1 aliphatic heterocycles. The van der Waals surface area contributed by atoms with Crippen LogP contribution in [0.3, 0.4) is 0 Å². The number of rotatable bonds is 2. The van der Waals surface area contributed by atoms with Crippen LogP contribution in [-0.4, -0.2) is 23.4 Å². The first kappa shape index (κ1) is 13.6. The average Bonchev–Trinajstić information content (AvgIpc) is 2.64. The van der Waals surface area contributed by atoms with Crippen LogP contribution < -0.4 is 10.2 Å². The Morgan fingerprint density at radius 2 is 1.89 bits per heavy atom. The number of para-hydroxylation sites is 1. The van der Waals surface area contributed by atoms with Crippen LogP contribution in [0.15, 0.2) is 35.3 Å². The van der Waals surface area contributed by atoms with Crippen molar-refractivity contribution in [2.45, 2.75) is 45.7 Å². The molecule has 1 aromatic carbocycles. The number of guanidine groups is 1. The van der Waals surface area contributed by atoms with Crippen molar-refractivity contribution < 1.29 is 4.79 Å². The van der Waals surface area contributed by atoms with Crippen LogP contribution in [-0.2, 0) is 4.79 Å². The molecule has 4 heteroatoms. The van der Waals surface area contributed by atoms with Crippen LogP contribution in [0.5, 0.6) is 0 Å². The predicted molar refractivity (Wildman–Crippen MR) is 78.3 cm³/mol. The van der Waals surface area contributed by atoms with Crippen molar-refractivity contribution in [2.24, 2.45) is 4.99 Å². The first-order valence-corrected chi connectivity index (χ1v) is 6.67. The fourth-order valence-corrected chi connectivity index (χ4v) is 2.03. The number of carbonyl (C=O) groups is 1. The molecule has 0 aliphatic carbocycles. The highest BCUT2D eigenvalue weighted by Crippen LogP contribution is 2.22. The number of nitrogens with one attached hydrogen (secondary N) is 1. The second-order valence-electron chi connectivity index (χ2n) is 5.76. The van der Waals surface area contributed by atoms with Crippen molar-refractivity contribution in [3.8, 4) is 0 Å². The number of aliphatic imine (C=N–C) groups is 1. The van der Waals surface area contributed by atoms with E-state index in [1.54, 1.807) is 4.90 Å². The average molecular weight is 259 g/mol. The van der Waals surface area contributed by atoms with E-state index < -0.39 is 0 Å². The Hall–Kier alpha value is -1.84. The Bertz CT molecular complexity index is 488. The summed E-state index contributed by atoms with van der Waals surface area (Å²) >= 11 is 0. The summed E-state index contributed by atoms with van der Waals surface area (Å²) in [7, 11) is 0. The molecule has 0 saturated heterocycles. The molecule has 102 valence electrons. The summed E-state index contributed by atoms with van der Waals surface area (Å²) in [5, 5.41) is 3.32. The van der Waals surface area contributed by atoms with E-state index in [1.807, 2.05) is 37.3 Å². The van der Waals surface area contributed by atoms with Gasteiger partial charge in [0.25, 0.3) is 5.91 Å². The molecule has 0 aromatic heterocycles. The minimum atomic E-state index is -0.273. The Labute approximate surface area is 114 Å². The minimum Gasteiger partial charge on any atom is -0.351 e. The lowest BCUT2D eigenvalue weighted by Crippen LogP contribution is -2.49. The zero-order valence-corrected chi connectivity index (χ0v) is 12.0. The van der Waals surface area contributed by atoms with E-state index in [4.69, 9.17) is 0 Å². The highest BCUT2D eigenvalue weighted by atomic mass is 16.2. The van der Waals surface area contributed by atoms with Gasteiger partial charge in [-0.25, -0.2) is 9.89 Å². The quantitative estimate of drug-likeness (QED) is 0.887. The molecular formula is C15H21N3O. The van der Waals surface area contributed by atoms with Gasteiger partial charge in [0.15, 0.2) is 0 Å². The van der Waals surface area contributed by atoms with Gasteiger partial charge in [0.1, 0.15) is 6.04 Å². The maximum Gasteiger partial charge on any atom is 0.258 e. The third kappa shape index (κ3) is 2.95. The highest BCUT2D eigenvalue weighted by molar-refractivity contribution is 6.22. The molecule has 1 unspecified atom stereocenters. The van der Waals surface area contributed by atoms with Crippen molar-refractivity contribution in [1.29, 1.82) is 0 Å². The van der Waals surface area contributed by atoms with Gasteiger partial charge in [0.2, 0.25) is 5.96 Å². The lowest BCUT2D eigenvalue weighted by molar-refractivity contribution is -0.118. The molecule has 1 aromatic rings. The van der Waals surface area contributed by atoms with Gasteiger partial charge in [-0.15, -0.1) is 0 Å². The van der Waals surface area contributed by atoms with E-state index in [9.17, 15) is 4.79 Å². The zero-order chi connectivity index (χ0) is 14.0. The van der Waals surface area contributed by atoms with Crippen molar-refractivity contribution >= 4 is 17.6 Å². The summed E-state index contributed by atoms with van der Waals surface area (Å²) in [6.07, 6.45) is 0.720. The van der Waals surface area contributed by atoms with Crippen LogP contribution in [0, 0.1) is 0 Å². The third-order valence-electron chi connectivity index (χ3n) is 2.88. The number of hydrogen-bond donors (Lipinski definition) is 1. The number of anilines is 1. The number of nitrogens with zero attached hydrogens (tertiary/aromatic N) is 2. The van der Waals surface area contributed by atoms with Gasteiger partial charge in [-0.05, 0) is 39.3 Å². The largest absolute Gasteiger partial charge is 0.351 e. The molecule has 1 atom stereocenters. The topological polar surface area (TPSA) is 44.7 Å². The Kier molecular flexibility index (Phi) is 3.60. The summed E-state index contributed by atoms with van der Waals surface area (Å²) in [4.78, 5) is 18.6. The van der Waals surface area contributed by atoms with Gasteiger partial charge in [-0.2, -0.15) is 0 Å². The number of hydrogen-bond acceptors (Lipinski definition) is 3. The van der Waals surface area contributed by atoms with Gasteiger partial charge in [-0.3, -0.25) is 4.79 Å². The molecule has 1 N–H and O–H groups in total. The van der Waals surface area contributed by atoms with Gasteiger partial charge in [-0.1, -0.05) is 25.1 Å². The molecule has 0 saturated carbocycles. The first-order valence-electron chi connectivity index (χ1n) is 6.67. The second-order valence-corrected chi connectivity index (χ2v) is 5.76. The van der Waals surface area contributed by atoms with E-state index in [0.29, 0.717) is 5.96 Å². The molecular weight excluding hydrogens is 238 g/mol. The van der Waals surface area contributed by atoms with Crippen LogP contribution in [0.4, 0.5) is 5.69 Å². The monoisotopic (exact) mass is 259 g/mol. The second kappa shape index (κ2) is 5.03. The summed E-state index contributed by atoms with van der Waals surface area (Å²) in [5.74, 6) is 0.691.